The predicted molar refractivity (Wildman–Crippen MR) is 57.2 cm³/mol. The van der Waals surface area contributed by atoms with Gasteiger partial charge >= 0.3 is 0 Å². The standard InChI is InChI=1S/C10H12N4O/c11-9(12)14-10(15,6-7-13-14)8-4-2-1-3-5-8/h1-5,7,15H,6H2,(H3,11,12)/t10-/m0/s1. The van der Waals surface area contributed by atoms with Crippen molar-refractivity contribution in [3.63, 3.8) is 0 Å². The predicted octanol–water partition coefficient (Wildman–Crippen LogP) is 0.417. The molecule has 0 radical (unpaired) electrons. The van der Waals surface area contributed by atoms with Crippen LogP contribution in [0.25, 0.3) is 0 Å². The van der Waals surface area contributed by atoms with Crippen LogP contribution in [0.5, 0.6) is 0 Å². The van der Waals surface area contributed by atoms with E-state index in [4.69, 9.17) is 11.1 Å². The van der Waals surface area contributed by atoms with Crippen molar-refractivity contribution in [2.24, 2.45) is 10.8 Å². The first-order chi connectivity index (χ1) is 7.14. The van der Waals surface area contributed by atoms with E-state index in [0.29, 0.717) is 12.0 Å². The van der Waals surface area contributed by atoms with Crippen molar-refractivity contribution >= 4 is 12.2 Å². The Balaban J connectivity index is 2.39. The third-order valence-electron chi connectivity index (χ3n) is 2.39. The molecule has 1 aliphatic rings. The molecule has 15 heavy (non-hydrogen) atoms. The molecule has 0 saturated heterocycles. The van der Waals surface area contributed by atoms with E-state index in [0.717, 1.165) is 5.01 Å². The van der Waals surface area contributed by atoms with Gasteiger partial charge in [-0.3, -0.25) is 5.41 Å². The molecule has 1 atom stereocenters. The van der Waals surface area contributed by atoms with Crippen LogP contribution in [0.15, 0.2) is 35.4 Å². The fourth-order valence-electron chi connectivity index (χ4n) is 1.64. The molecule has 0 unspecified atom stereocenters. The Morgan fingerprint density at radius 2 is 2.13 bits per heavy atom. The summed E-state index contributed by atoms with van der Waals surface area (Å²) >= 11 is 0. The summed E-state index contributed by atoms with van der Waals surface area (Å²) in [7, 11) is 0. The number of rotatable bonds is 1. The molecule has 1 aromatic carbocycles. The van der Waals surface area contributed by atoms with Gasteiger partial charge in [0, 0.05) is 18.2 Å². The minimum absolute atomic E-state index is 0.268. The number of aliphatic hydroxyl groups is 1. The van der Waals surface area contributed by atoms with Crippen LogP contribution < -0.4 is 5.73 Å². The number of nitrogens with one attached hydrogen (secondary N) is 1. The van der Waals surface area contributed by atoms with Gasteiger partial charge in [0.2, 0.25) is 5.96 Å². The molecule has 0 amide bonds. The lowest BCUT2D eigenvalue weighted by atomic mass is 10.0. The van der Waals surface area contributed by atoms with E-state index in [9.17, 15) is 5.11 Å². The highest BCUT2D eigenvalue weighted by atomic mass is 16.3. The summed E-state index contributed by atoms with van der Waals surface area (Å²) in [5.41, 5.74) is 4.71. The maximum atomic E-state index is 10.4. The molecule has 1 aliphatic heterocycles. The van der Waals surface area contributed by atoms with Gasteiger partial charge < -0.3 is 10.8 Å². The zero-order valence-corrected chi connectivity index (χ0v) is 8.09. The quantitative estimate of drug-likeness (QED) is 0.457. The Morgan fingerprint density at radius 3 is 2.73 bits per heavy atom. The van der Waals surface area contributed by atoms with Crippen molar-refractivity contribution in [3.8, 4) is 0 Å². The van der Waals surface area contributed by atoms with Crippen LogP contribution in [0.2, 0.25) is 0 Å². The van der Waals surface area contributed by atoms with Crippen LogP contribution in [0.4, 0.5) is 0 Å². The average molecular weight is 204 g/mol. The Hall–Kier alpha value is -1.88. The fraction of sp³-hybridized carbons (Fsp3) is 0.200. The van der Waals surface area contributed by atoms with Crippen molar-refractivity contribution in [2.45, 2.75) is 12.1 Å². The number of nitrogens with zero attached hydrogens (tertiary/aromatic N) is 2. The largest absolute Gasteiger partial charge is 0.368 e. The molecule has 0 spiro atoms. The van der Waals surface area contributed by atoms with Crippen molar-refractivity contribution in [2.75, 3.05) is 0 Å². The normalized spacial score (nSPS) is 24.5. The van der Waals surface area contributed by atoms with Gasteiger partial charge in [0.05, 0.1) is 0 Å². The maximum absolute atomic E-state index is 10.4. The minimum atomic E-state index is -1.31. The first-order valence-corrected chi connectivity index (χ1v) is 4.59. The molecule has 0 saturated carbocycles. The lowest BCUT2D eigenvalue weighted by molar-refractivity contribution is -0.0581. The Morgan fingerprint density at radius 1 is 1.47 bits per heavy atom. The van der Waals surface area contributed by atoms with E-state index in [1.807, 2.05) is 18.2 Å². The van der Waals surface area contributed by atoms with Crippen LogP contribution in [0, 0.1) is 5.41 Å². The van der Waals surface area contributed by atoms with Gasteiger partial charge in [-0.25, -0.2) is 0 Å². The number of benzene rings is 1. The minimum Gasteiger partial charge on any atom is -0.368 e. The van der Waals surface area contributed by atoms with E-state index in [-0.39, 0.29) is 5.96 Å². The van der Waals surface area contributed by atoms with E-state index in [1.54, 1.807) is 18.3 Å². The zero-order valence-electron chi connectivity index (χ0n) is 8.09. The van der Waals surface area contributed by atoms with Gasteiger partial charge in [0.25, 0.3) is 0 Å². The first kappa shape index (κ1) is 9.67. The second-order valence-corrected chi connectivity index (χ2v) is 3.38. The van der Waals surface area contributed by atoms with Crippen molar-refractivity contribution in [1.29, 1.82) is 5.41 Å². The highest BCUT2D eigenvalue weighted by molar-refractivity contribution is 5.79. The number of hydrazone groups is 1. The molecule has 0 aromatic heterocycles. The average Bonchev–Trinajstić information content (AvgIpc) is 2.63. The summed E-state index contributed by atoms with van der Waals surface area (Å²) < 4.78 is 0. The Bertz CT molecular complexity index is 403. The molecule has 0 bridgehead atoms. The van der Waals surface area contributed by atoms with E-state index >= 15 is 0 Å². The SMILES string of the molecule is N=C(N)N1N=CC[C@]1(O)c1ccccc1. The first-order valence-electron chi connectivity index (χ1n) is 4.59. The van der Waals surface area contributed by atoms with Gasteiger partial charge in [-0.05, 0) is 0 Å². The molecule has 4 N–H and O–H groups in total. The van der Waals surface area contributed by atoms with Crippen molar-refractivity contribution < 1.29 is 5.11 Å². The third kappa shape index (κ3) is 1.46. The molecule has 0 fully saturated rings. The van der Waals surface area contributed by atoms with E-state index < -0.39 is 5.72 Å². The van der Waals surface area contributed by atoms with Crippen LogP contribution in [-0.4, -0.2) is 22.3 Å². The summed E-state index contributed by atoms with van der Waals surface area (Å²) in [4.78, 5) is 0. The van der Waals surface area contributed by atoms with Crippen LogP contribution in [-0.2, 0) is 5.72 Å². The smallest absolute Gasteiger partial charge is 0.212 e. The number of guanidine groups is 1. The molecule has 2 rings (SSSR count). The topological polar surface area (TPSA) is 85.7 Å². The number of nitrogens with two attached hydrogens (primary N) is 1. The molecule has 5 nitrogen and oxygen atoms in total. The summed E-state index contributed by atoms with van der Waals surface area (Å²) in [6.07, 6.45) is 1.88. The second kappa shape index (κ2) is 3.36. The highest BCUT2D eigenvalue weighted by Gasteiger charge is 2.40. The van der Waals surface area contributed by atoms with Gasteiger partial charge in [-0.1, -0.05) is 30.3 Å². The van der Waals surface area contributed by atoms with E-state index in [2.05, 4.69) is 5.10 Å². The maximum Gasteiger partial charge on any atom is 0.212 e. The van der Waals surface area contributed by atoms with Gasteiger partial charge in [-0.2, -0.15) is 10.1 Å². The Kier molecular flexibility index (Phi) is 2.17. The second-order valence-electron chi connectivity index (χ2n) is 3.38. The molecular formula is C10H12N4O. The molecule has 5 heteroatoms. The number of hydrogen-bond donors (Lipinski definition) is 3. The lowest BCUT2D eigenvalue weighted by Crippen LogP contribution is -2.46. The summed E-state index contributed by atoms with van der Waals surface area (Å²) in [5.74, 6) is -0.268. The van der Waals surface area contributed by atoms with E-state index in [1.165, 1.54) is 0 Å². The fourth-order valence-corrected chi connectivity index (χ4v) is 1.64. The highest BCUT2D eigenvalue weighted by Crippen LogP contribution is 2.31. The lowest BCUT2D eigenvalue weighted by Gasteiger charge is -2.31. The van der Waals surface area contributed by atoms with Crippen molar-refractivity contribution in [3.05, 3.63) is 35.9 Å². The molecular weight excluding hydrogens is 192 g/mol. The monoisotopic (exact) mass is 204 g/mol. The van der Waals surface area contributed by atoms with Gasteiger partial charge in [-0.15, -0.1) is 0 Å². The summed E-state index contributed by atoms with van der Waals surface area (Å²) in [5, 5.41) is 22.7. The van der Waals surface area contributed by atoms with Gasteiger partial charge in [0.1, 0.15) is 0 Å². The van der Waals surface area contributed by atoms with Crippen LogP contribution in [0.3, 0.4) is 0 Å². The summed E-state index contributed by atoms with van der Waals surface area (Å²) in [6, 6.07) is 9.07. The number of hydrogen-bond acceptors (Lipinski definition) is 3. The van der Waals surface area contributed by atoms with Crippen LogP contribution >= 0.6 is 0 Å². The van der Waals surface area contributed by atoms with Crippen molar-refractivity contribution in [1.82, 2.24) is 5.01 Å². The molecule has 1 heterocycles. The molecule has 78 valence electrons. The Labute approximate surface area is 87.3 Å². The third-order valence-corrected chi connectivity index (χ3v) is 2.39. The zero-order chi connectivity index (χ0) is 10.9. The molecule has 0 aliphatic carbocycles. The molecule has 1 aromatic rings. The van der Waals surface area contributed by atoms with Gasteiger partial charge in [0.15, 0.2) is 5.72 Å². The summed E-state index contributed by atoms with van der Waals surface area (Å²) in [6.45, 7) is 0. The van der Waals surface area contributed by atoms with Crippen LogP contribution in [0.1, 0.15) is 12.0 Å².